The van der Waals surface area contributed by atoms with Gasteiger partial charge in [0.25, 0.3) is 0 Å². The van der Waals surface area contributed by atoms with E-state index in [2.05, 4.69) is 13.0 Å². The molecule has 0 bridgehead atoms. The lowest BCUT2D eigenvalue weighted by atomic mass is 9.88. The lowest BCUT2D eigenvalue weighted by Crippen LogP contribution is -2.27. The van der Waals surface area contributed by atoms with Crippen LogP contribution in [0.3, 0.4) is 0 Å². The molecule has 0 aromatic heterocycles. The molecule has 0 heterocycles. The molecule has 0 aliphatic heterocycles. The number of ether oxygens (including phenoxy) is 1. The quantitative estimate of drug-likeness (QED) is 0.353. The second-order valence-corrected chi connectivity index (χ2v) is 4.69. The molecule has 3 nitrogen and oxygen atoms in total. The maximum absolute atomic E-state index is 11.6. The first-order chi connectivity index (χ1) is 8.60. The predicted molar refractivity (Wildman–Crippen MR) is 72.9 cm³/mol. The summed E-state index contributed by atoms with van der Waals surface area (Å²) in [6.45, 7) is 5.88. The van der Waals surface area contributed by atoms with Crippen LogP contribution in [0, 0.1) is 16.7 Å². The Balaban J connectivity index is 4.03. The lowest BCUT2D eigenvalue weighted by molar-refractivity contribution is -0.150. The molecule has 0 aliphatic rings. The van der Waals surface area contributed by atoms with Gasteiger partial charge in [0.05, 0.1) is 12.7 Å². The smallest absolute Gasteiger partial charge is 0.326 e. The van der Waals surface area contributed by atoms with Gasteiger partial charge in [-0.15, -0.1) is 0 Å². The van der Waals surface area contributed by atoms with E-state index in [1.807, 2.05) is 12.1 Å². The van der Waals surface area contributed by atoms with Crippen molar-refractivity contribution in [3.63, 3.8) is 0 Å². The van der Waals surface area contributed by atoms with Crippen LogP contribution in [-0.4, -0.2) is 12.6 Å². The first-order valence-electron chi connectivity index (χ1n) is 6.84. The fourth-order valence-electron chi connectivity index (χ4n) is 1.59. The minimum atomic E-state index is -1.05. The van der Waals surface area contributed by atoms with Crippen LogP contribution in [0.4, 0.5) is 0 Å². The van der Waals surface area contributed by atoms with Gasteiger partial charge in [0.1, 0.15) is 0 Å². The van der Waals surface area contributed by atoms with E-state index < -0.39 is 11.4 Å². The number of unbranched alkanes of at least 4 members (excludes halogenated alkanes) is 4. The number of hydrogen-bond acceptors (Lipinski definition) is 3. The molecule has 0 saturated carbocycles. The van der Waals surface area contributed by atoms with Gasteiger partial charge in [-0.2, -0.15) is 5.26 Å². The number of rotatable bonds is 9. The molecule has 0 aliphatic carbocycles. The molecule has 102 valence electrons. The van der Waals surface area contributed by atoms with Gasteiger partial charge in [-0.05, 0) is 33.1 Å². The van der Waals surface area contributed by atoms with Crippen LogP contribution in [0.5, 0.6) is 0 Å². The summed E-state index contributed by atoms with van der Waals surface area (Å²) in [5.74, 6) is -0.428. The molecule has 18 heavy (non-hydrogen) atoms. The van der Waals surface area contributed by atoms with E-state index in [-0.39, 0.29) is 0 Å². The van der Waals surface area contributed by atoms with Crippen LogP contribution >= 0.6 is 0 Å². The summed E-state index contributed by atoms with van der Waals surface area (Å²) < 4.78 is 4.91. The highest BCUT2D eigenvalue weighted by Crippen LogP contribution is 2.23. The second-order valence-electron chi connectivity index (χ2n) is 4.69. The number of allylic oxidation sites excluding steroid dienone is 2. The molecular formula is C15H25NO2. The van der Waals surface area contributed by atoms with E-state index in [0.717, 1.165) is 6.42 Å². The minimum Gasteiger partial charge on any atom is -0.465 e. The van der Waals surface area contributed by atoms with Gasteiger partial charge in [-0.3, -0.25) is 4.79 Å². The van der Waals surface area contributed by atoms with Gasteiger partial charge >= 0.3 is 5.97 Å². The van der Waals surface area contributed by atoms with Crippen LogP contribution < -0.4 is 0 Å². The standard InChI is InChI=1S/C15H25NO2/c1-4-6-7-8-9-10-11-12-15(3,13-16)14(17)18-5-2/h10-11H,4-9,12H2,1-3H3. The Hall–Kier alpha value is -1.30. The van der Waals surface area contributed by atoms with Gasteiger partial charge in [0.15, 0.2) is 5.41 Å². The van der Waals surface area contributed by atoms with Crippen molar-refractivity contribution in [2.24, 2.45) is 5.41 Å². The fourth-order valence-corrected chi connectivity index (χ4v) is 1.59. The number of carbonyl (C=O) groups is 1. The van der Waals surface area contributed by atoms with E-state index in [9.17, 15) is 4.79 Å². The summed E-state index contributed by atoms with van der Waals surface area (Å²) in [6, 6.07) is 2.05. The summed E-state index contributed by atoms with van der Waals surface area (Å²) in [6.07, 6.45) is 10.4. The number of hydrogen-bond donors (Lipinski definition) is 0. The van der Waals surface area contributed by atoms with Gasteiger partial charge in [0, 0.05) is 0 Å². The number of nitrogens with zero attached hydrogens (tertiary/aromatic N) is 1. The highest BCUT2D eigenvalue weighted by molar-refractivity contribution is 5.79. The SMILES string of the molecule is CCCCCCC=CCC(C)(C#N)C(=O)OCC. The molecule has 0 spiro atoms. The predicted octanol–water partition coefficient (Wildman–Crippen LogP) is 4.00. The fraction of sp³-hybridized carbons (Fsp3) is 0.733. The monoisotopic (exact) mass is 251 g/mol. The highest BCUT2D eigenvalue weighted by atomic mass is 16.5. The largest absolute Gasteiger partial charge is 0.465 e. The van der Waals surface area contributed by atoms with E-state index in [1.54, 1.807) is 13.8 Å². The molecule has 0 saturated heterocycles. The average Bonchev–Trinajstić information content (AvgIpc) is 2.37. The summed E-state index contributed by atoms with van der Waals surface area (Å²) in [5.41, 5.74) is -1.05. The molecule has 0 amide bonds. The molecule has 3 heteroatoms. The van der Waals surface area contributed by atoms with Crippen molar-refractivity contribution in [3.8, 4) is 6.07 Å². The van der Waals surface area contributed by atoms with Gasteiger partial charge in [-0.1, -0.05) is 38.3 Å². The lowest BCUT2D eigenvalue weighted by Gasteiger charge is -2.17. The third-order valence-corrected chi connectivity index (χ3v) is 2.89. The third-order valence-electron chi connectivity index (χ3n) is 2.89. The Morgan fingerprint density at radius 1 is 1.28 bits per heavy atom. The second kappa shape index (κ2) is 9.70. The Bertz CT molecular complexity index is 304. The zero-order valence-corrected chi connectivity index (χ0v) is 11.9. The maximum atomic E-state index is 11.6. The molecular weight excluding hydrogens is 226 g/mol. The Morgan fingerprint density at radius 3 is 2.56 bits per heavy atom. The molecule has 0 rings (SSSR count). The van der Waals surface area contributed by atoms with Crippen molar-refractivity contribution in [1.82, 2.24) is 0 Å². The van der Waals surface area contributed by atoms with Crippen molar-refractivity contribution in [2.45, 2.75) is 59.3 Å². The Kier molecular flexibility index (Phi) is 9.00. The van der Waals surface area contributed by atoms with Crippen molar-refractivity contribution in [3.05, 3.63) is 12.2 Å². The minimum absolute atomic E-state index is 0.316. The summed E-state index contributed by atoms with van der Waals surface area (Å²) in [7, 11) is 0. The highest BCUT2D eigenvalue weighted by Gasteiger charge is 2.33. The van der Waals surface area contributed by atoms with E-state index >= 15 is 0 Å². The van der Waals surface area contributed by atoms with E-state index in [1.165, 1.54) is 25.7 Å². The third kappa shape index (κ3) is 6.44. The number of esters is 1. The average molecular weight is 251 g/mol. The number of nitriles is 1. The van der Waals surface area contributed by atoms with Crippen molar-refractivity contribution >= 4 is 5.97 Å². The molecule has 1 unspecified atom stereocenters. The topological polar surface area (TPSA) is 50.1 Å². The van der Waals surface area contributed by atoms with E-state index in [4.69, 9.17) is 10.00 Å². The first-order valence-corrected chi connectivity index (χ1v) is 6.84. The van der Waals surface area contributed by atoms with E-state index in [0.29, 0.717) is 13.0 Å². The molecule has 0 fully saturated rings. The Labute approximate surface area is 111 Å². The van der Waals surface area contributed by atoms with Crippen LogP contribution in [0.2, 0.25) is 0 Å². The summed E-state index contributed by atoms with van der Waals surface area (Å²) in [5, 5.41) is 9.07. The zero-order valence-electron chi connectivity index (χ0n) is 11.9. The molecule has 0 N–H and O–H groups in total. The normalized spacial score (nSPS) is 14.1. The van der Waals surface area contributed by atoms with Gasteiger partial charge < -0.3 is 4.74 Å². The first kappa shape index (κ1) is 16.7. The van der Waals surface area contributed by atoms with Crippen LogP contribution in [0.15, 0.2) is 12.2 Å². The number of carbonyl (C=O) groups excluding carboxylic acids is 1. The van der Waals surface area contributed by atoms with Crippen LogP contribution in [0.25, 0.3) is 0 Å². The summed E-state index contributed by atoms with van der Waals surface area (Å²) >= 11 is 0. The zero-order chi connectivity index (χ0) is 13.9. The molecule has 0 radical (unpaired) electrons. The molecule has 0 aromatic rings. The molecule has 1 atom stereocenters. The van der Waals surface area contributed by atoms with Crippen LogP contribution in [-0.2, 0) is 9.53 Å². The van der Waals surface area contributed by atoms with Gasteiger partial charge in [0.2, 0.25) is 0 Å². The Morgan fingerprint density at radius 2 is 2.00 bits per heavy atom. The molecule has 0 aromatic carbocycles. The van der Waals surface area contributed by atoms with Gasteiger partial charge in [-0.25, -0.2) is 0 Å². The maximum Gasteiger partial charge on any atom is 0.326 e. The van der Waals surface area contributed by atoms with Crippen LogP contribution in [0.1, 0.15) is 59.3 Å². The van der Waals surface area contributed by atoms with Crippen molar-refractivity contribution in [1.29, 1.82) is 5.26 Å². The summed E-state index contributed by atoms with van der Waals surface area (Å²) in [4.78, 5) is 11.6. The van der Waals surface area contributed by atoms with Crippen molar-refractivity contribution < 1.29 is 9.53 Å². The van der Waals surface area contributed by atoms with Crippen molar-refractivity contribution in [2.75, 3.05) is 6.61 Å².